The van der Waals surface area contributed by atoms with Crippen molar-refractivity contribution < 1.29 is 29.3 Å². The molecule has 0 unspecified atom stereocenters. The first-order valence-electron chi connectivity index (χ1n) is 3.94. The van der Waals surface area contributed by atoms with Gasteiger partial charge in [0.05, 0.1) is 0 Å². The van der Waals surface area contributed by atoms with E-state index in [1.807, 2.05) is 0 Å². The van der Waals surface area contributed by atoms with E-state index in [2.05, 4.69) is 4.74 Å². The summed E-state index contributed by atoms with van der Waals surface area (Å²) in [5.41, 5.74) is 0. The largest absolute Gasteiger partial charge is 0.483 e. The van der Waals surface area contributed by atoms with Gasteiger partial charge in [-0.1, -0.05) is 0 Å². The molecule has 0 aliphatic carbocycles. The third-order valence-corrected chi connectivity index (χ3v) is 1.63. The maximum atomic E-state index is 10.5. The van der Waals surface area contributed by atoms with Crippen LogP contribution in [0.1, 0.15) is 6.92 Å². The van der Waals surface area contributed by atoms with Gasteiger partial charge in [-0.05, 0) is 6.08 Å². The molecule has 1 rings (SSSR count). The van der Waals surface area contributed by atoms with E-state index in [1.165, 1.54) is 6.92 Å². The fourth-order valence-electron chi connectivity index (χ4n) is 1.03. The highest BCUT2D eigenvalue weighted by molar-refractivity contribution is 5.84. The first-order chi connectivity index (χ1) is 6.50. The van der Waals surface area contributed by atoms with Crippen molar-refractivity contribution in [2.24, 2.45) is 0 Å². The molecule has 78 valence electrons. The molecule has 14 heavy (non-hydrogen) atoms. The SMILES string of the molecule is CC(=O)O[C@H]1COC(C(=O)O)=C[C@@H]1O. The van der Waals surface area contributed by atoms with E-state index in [4.69, 9.17) is 9.84 Å². The Morgan fingerprint density at radius 3 is 2.71 bits per heavy atom. The molecule has 6 nitrogen and oxygen atoms in total. The molecule has 1 aliphatic heterocycles. The van der Waals surface area contributed by atoms with Crippen molar-refractivity contribution >= 4 is 11.9 Å². The van der Waals surface area contributed by atoms with Crippen LogP contribution in [-0.4, -0.2) is 41.0 Å². The molecule has 0 aromatic carbocycles. The van der Waals surface area contributed by atoms with E-state index in [0.29, 0.717) is 0 Å². The zero-order valence-electron chi connectivity index (χ0n) is 7.47. The number of carbonyl (C=O) groups excluding carboxylic acids is 1. The van der Waals surface area contributed by atoms with Gasteiger partial charge in [-0.25, -0.2) is 4.79 Å². The van der Waals surface area contributed by atoms with Gasteiger partial charge in [-0.2, -0.15) is 0 Å². The van der Waals surface area contributed by atoms with Gasteiger partial charge in [0, 0.05) is 6.92 Å². The predicted octanol–water partition coefficient (Wildman–Crippen LogP) is -0.722. The first kappa shape index (κ1) is 10.5. The van der Waals surface area contributed by atoms with E-state index < -0.39 is 24.1 Å². The number of carboxylic acid groups (broad SMARTS) is 1. The van der Waals surface area contributed by atoms with Crippen molar-refractivity contribution in [3.63, 3.8) is 0 Å². The van der Waals surface area contributed by atoms with Gasteiger partial charge in [0.15, 0.2) is 6.10 Å². The summed E-state index contributed by atoms with van der Waals surface area (Å²) in [6.45, 7) is 1.04. The number of esters is 1. The minimum absolute atomic E-state index is 0.154. The third-order valence-electron chi connectivity index (χ3n) is 1.63. The Hall–Kier alpha value is -1.56. The van der Waals surface area contributed by atoms with Crippen molar-refractivity contribution in [2.75, 3.05) is 6.61 Å². The van der Waals surface area contributed by atoms with Gasteiger partial charge < -0.3 is 19.7 Å². The maximum absolute atomic E-state index is 10.5. The van der Waals surface area contributed by atoms with Gasteiger partial charge in [-0.3, -0.25) is 4.79 Å². The Balaban J connectivity index is 2.64. The molecule has 1 heterocycles. The Labute approximate surface area is 79.7 Å². The minimum atomic E-state index is -1.26. The summed E-state index contributed by atoms with van der Waals surface area (Å²) in [7, 11) is 0. The number of ether oxygens (including phenoxy) is 2. The maximum Gasteiger partial charge on any atom is 0.370 e. The fourth-order valence-corrected chi connectivity index (χ4v) is 1.03. The summed E-state index contributed by atoms with van der Waals surface area (Å²) in [6, 6.07) is 0. The highest BCUT2D eigenvalue weighted by atomic mass is 16.6. The molecule has 0 bridgehead atoms. The average molecular weight is 202 g/mol. The molecule has 1 aliphatic rings. The van der Waals surface area contributed by atoms with Crippen LogP contribution < -0.4 is 0 Å². The predicted molar refractivity (Wildman–Crippen MR) is 43.2 cm³/mol. The molecular formula is C8H10O6. The molecule has 0 saturated heterocycles. The lowest BCUT2D eigenvalue weighted by molar-refractivity contribution is -0.157. The van der Waals surface area contributed by atoms with Crippen LogP contribution in [0.2, 0.25) is 0 Å². The van der Waals surface area contributed by atoms with Crippen molar-refractivity contribution in [1.29, 1.82) is 0 Å². The summed E-state index contributed by atoms with van der Waals surface area (Å²) in [6.07, 6.45) is -0.978. The fraction of sp³-hybridized carbons (Fsp3) is 0.500. The van der Waals surface area contributed by atoms with Crippen molar-refractivity contribution in [3.05, 3.63) is 11.8 Å². The number of aliphatic carboxylic acids is 1. The Bertz CT molecular complexity index is 282. The van der Waals surface area contributed by atoms with Crippen molar-refractivity contribution in [1.82, 2.24) is 0 Å². The van der Waals surface area contributed by atoms with Crippen LogP contribution in [0.3, 0.4) is 0 Å². The Kier molecular flexibility index (Phi) is 3.08. The summed E-state index contributed by atoms with van der Waals surface area (Å²) < 4.78 is 9.43. The summed E-state index contributed by atoms with van der Waals surface area (Å²) in [5, 5.41) is 17.9. The van der Waals surface area contributed by atoms with Crippen LogP contribution in [0.15, 0.2) is 11.8 Å². The quantitative estimate of drug-likeness (QED) is 0.574. The second-order valence-corrected chi connectivity index (χ2v) is 2.79. The number of aliphatic hydroxyl groups excluding tert-OH is 1. The van der Waals surface area contributed by atoms with Gasteiger partial charge in [0.1, 0.15) is 12.7 Å². The van der Waals surface area contributed by atoms with Crippen LogP contribution in [0, 0.1) is 0 Å². The highest BCUT2D eigenvalue weighted by Crippen LogP contribution is 2.14. The summed E-state index contributed by atoms with van der Waals surface area (Å²) in [5.74, 6) is -2.14. The molecule has 2 atom stereocenters. The number of aliphatic hydroxyl groups is 1. The van der Waals surface area contributed by atoms with Crippen molar-refractivity contribution in [2.45, 2.75) is 19.1 Å². The standard InChI is InChI=1S/C8H10O6/c1-4(9)14-7-3-13-6(8(11)12)2-5(7)10/h2,5,7,10H,3H2,1H3,(H,11,12)/t5-,7-/m0/s1. The number of carbonyl (C=O) groups is 2. The van der Waals surface area contributed by atoms with Crippen LogP contribution in [0.25, 0.3) is 0 Å². The van der Waals surface area contributed by atoms with E-state index in [9.17, 15) is 14.7 Å². The van der Waals surface area contributed by atoms with Gasteiger partial charge in [-0.15, -0.1) is 0 Å². The van der Waals surface area contributed by atoms with Gasteiger partial charge in [0.2, 0.25) is 5.76 Å². The molecule has 0 aromatic heterocycles. The molecular weight excluding hydrogens is 192 g/mol. The van der Waals surface area contributed by atoms with E-state index >= 15 is 0 Å². The number of hydrogen-bond donors (Lipinski definition) is 2. The van der Waals surface area contributed by atoms with E-state index in [-0.39, 0.29) is 12.4 Å². The van der Waals surface area contributed by atoms with Crippen LogP contribution >= 0.6 is 0 Å². The lowest BCUT2D eigenvalue weighted by atomic mass is 10.1. The smallest absolute Gasteiger partial charge is 0.370 e. The molecule has 2 N–H and O–H groups in total. The second-order valence-electron chi connectivity index (χ2n) is 2.79. The Morgan fingerprint density at radius 2 is 2.29 bits per heavy atom. The molecule has 0 spiro atoms. The molecule has 0 amide bonds. The van der Waals surface area contributed by atoms with E-state index in [1.54, 1.807) is 0 Å². The molecule has 0 saturated carbocycles. The number of hydrogen-bond acceptors (Lipinski definition) is 5. The van der Waals surface area contributed by atoms with Gasteiger partial charge in [0.25, 0.3) is 0 Å². The second kappa shape index (κ2) is 4.10. The molecule has 6 heteroatoms. The molecule has 0 fully saturated rings. The monoisotopic (exact) mass is 202 g/mol. The van der Waals surface area contributed by atoms with Crippen LogP contribution in [0.4, 0.5) is 0 Å². The summed E-state index contributed by atoms with van der Waals surface area (Å²) >= 11 is 0. The van der Waals surface area contributed by atoms with Gasteiger partial charge >= 0.3 is 11.9 Å². The number of carboxylic acids is 1. The highest BCUT2D eigenvalue weighted by Gasteiger charge is 2.29. The third kappa shape index (κ3) is 2.46. The topological polar surface area (TPSA) is 93.1 Å². The molecule has 0 radical (unpaired) electrons. The zero-order chi connectivity index (χ0) is 10.7. The minimum Gasteiger partial charge on any atom is -0.483 e. The number of rotatable bonds is 2. The molecule has 0 aromatic rings. The van der Waals surface area contributed by atoms with Crippen molar-refractivity contribution in [3.8, 4) is 0 Å². The summed E-state index contributed by atoms with van der Waals surface area (Å²) in [4.78, 5) is 21.0. The lowest BCUT2D eigenvalue weighted by Crippen LogP contribution is -2.38. The zero-order valence-corrected chi connectivity index (χ0v) is 7.47. The Morgan fingerprint density at radius 1 is 1.64 bits per heavy atom. The lowest BCUT2D eigenvalue weighted by Gasteiger charge is -2.25. The normalized spacial score (nSPS) is 26.0. The average Bonchev–Trinajstić information content (AvgIpc) is 2.07. The first-order valence-corrected chi connectivity index (χ1v) is 3.94. The van der Waals surface area contributed by atoms with E-state index in [0.717, 1.165) is 6.08 Å². The van der Waals surface area contributed by atoms with Crippen LogP contribution in [-0.2, 0) is 19.1 Å². The van der Waals surface area contributed by atoms with Crippen LogP contribution in [0.5, 0.6) is 0 Å².